The van der Waals surface area contributed by atoms with E-state index in [0.29, 0.717) is 11.5 Å². The monoisotopic (exact) mass is 333 g/mol. The van der Waals surface area contributed by atoms with Crippen molar-refractivity contribution >= 4 is 0 Å². The zero-order valence-electron chi connectivity index (χ0n) is 16.4. The second-order valence-electron chi connectivity index (χ2n) is 10.5. The molecule has 138 valence electrons. The number of fused-ring (bicyclic) bond motifs is 5. The zero-order valence-corrected chi connectivity index (χ0v) is 16.4. The van der Waals surface area contributed by atoms with Crippen LogP contribution in [0.5, 0.6) is 0 Å². The second-order valence-corrected chi connectivity index (χ2v) is 10.5. The van der Waals surface area contributed by atoms with Crippen molar-refractivity contribution in [2.24, 2.45) is 40.9 Å². The fourth-order valence-electron chi connectivity index (χ4n) is 8.14. The third-order valence-corrected chi connectivity index (χ3v) is 9.37. The molecular weight excluding hydrogens is 294 g/mol. The first-order chi connectivity index (χ1) is 11.4. The van der Waals surface area contributed by atoms with Gasteiger partial charge in [0, 0.05) is 6.04 Å². The van der Waals surface area contributed by atoms with Crippen LogP contribution in [0.15, 0.2) is 0 Å². The first-order valence-electron chi connectivity index (χ1n) is 10.8. The molecule has 4 aliphatic rings. The highest BCUT2D eigenvalue weighted by Gasteiger charge is 2.58. The third kappa shape index (κ3) is 2.58. The highest BCUT2D eigenvalue weighted by molar-refractivity contribution is 5.08. The van der Waals surface area contributed by atoms with Gasteiger partial charge in [0.05, 0.1) is 5.60 Å². The van der Waals surface area contributed by atoms with Crippen molar-refractivity contribution in [3.63, 3.8) is 0 Å². The molecule has 0 amide bonds. The van der Waals surface area contributed by atoms with Crippen LogP contribution in [-0.4, -0.2) is 23.8 Å². The standard InChI is InChI=1S/C22H39NO/c1-14(23-4)19-7-8-20-18-6-5-15-13-21(2,24)11-9-16(15)17(18)10-12-22(19,20)3/h14-20,23-24H,5-13H2,1-4H3/t14?,15-,16+,17?,18-,19-,20?,21-,22-/m1/s1. The minimum Gasteiger partial charge on any atom is -0.390 e. The van der Waals surface area contributed by atoms with Crippen molar-refractivity contribution in [3.05, 3.63) is 0 Å². The molecule has 0 aromatic carbocycles. The predicted molar refractivity (Wildman–Crippen MR) is 99.7 cm³/mol. The Labute approximate surface area is 149 Å². The van der Waals surface area contributed by atoms with Crippen LogP contribution in [0.2, 0.25) is 0 Å². The lowest BCUT2D eigenvalue weighted by Gasteiger charge is -2.57. The van der Waals surface area contributed by atoms with Crippen molar-refractivity contribution in [3.8, 4) is 0 Å². The van der Waals surface area contributed by atoms with E-state index in [1.54, 1.807) is 0 Å². The molecule has 0 radical (unpaired) electrons. The summed E-state index contributed by atoms with van der Waals surface area (Å²) in [5.74, 6) is 5.55. The van der Waals surface area contributed by atoms with Crippen LogP contribution < -0.4 is 5.32 Å². The van der Waals surface area contributed by atoms with Gasteiger partial charge in [0.25, 0.3) is 0 Å². The van der Waals surface area contributed by atoms with Crippen LogP contribution in [0.1, 0.15) is 78.6 Å². The van der Waals surface area contributed by atoms with Crippen LogP contribution in [0.3, 0.4) is 0 Å². The first-order valence-corrected chi connectivity index (χ1v) is 10.8. The molecule has 4 rings (SSSR count). The highest BCUT2D eigenvalue weighted by Crippen LogP contribution is 2.65. The molecule has 0 saturated heterocycles. The molecule has 9 atom stereocenters. The molecule has 0 aromatic heterocycles. The topological polar surface area (TPSA) is 32.3 Å². The van der Waals surface area contributed by atoms with Gasteiger partial charge in [-0.1, -0.05) is 6.92 Å². The molecule has 24 heavy (non-hydrogen) atoms. The fraction of sp³-hybridized carbons (Fsp3) is 1.00. The van der Waals surface area contributed by atoms with Crippen molar-refractivity contribution in [2.75, 3.05) is 7.05 Å². The molecule has 4 saturated carbocycles. The molecule has 2 heteroatoms. The van der Waals surface area contributed by atoms with Gasteiger partial charge < -0.3 is 10.4 Å². The first kappa shape index (κ1) is 17.3. The van der Waals surface area contributed by atoms with Crippen LogP contribution >= 0.6 is 0 Å². The van der Waals surface area contributed by atoms with Crippen LogP contribution in [0.4, 0.5) is 0 Å². The highest BCUT2D eigenvalue weighted by atomic mass is 16.3. The molecule has 4 fully saturated rings. The van der Waals surface area contributed by atoms with E-state index in [1.807, 2.05) is 0 Å². The van der Waals surface area contributed by atoms with Gasteiger partial charge in [-0.3, -0.25) is 0 Å². The molecule has 0 bridgehead atoms. The smallest absolute Gasteiger partial charge is 0.0622 e. The SMILES string of the molecule is CNC(C)[C@H]1CCC2[C@@H]3CC[C@@H]4C[C@](C)(O)CC[C@@H]4C3CC[C@@]21C. The number of hydrogen-bond acceptors (Lipinski definition) is 2. The summed E-state index contributed by atoms with van der Waals surface area (Å²) in [5.41, 5.74) is 0.203. The fourth-order valence-corrected chi connectivity index (χ4v) is 8.14. The van der Waals surface area contributed by atoms with Crippen molar-refractivity contribution < 1.29 is 5.11 Å². The van der Waals surface area contributed by atoms with Crippen LogP contribution in [0, 0.1) is 40.9 Å². The summed E-state index contributed by atoms with van der Waals surface area (Å²) in [7, 11) is 2.14. The zero-order chi connectivity index (χ0) is 17.1. The quantitative estimate of drug-likeness (QED) is 0.773. The van der Waals surface area contributed by atoms with Gasteiger partial charge >= 0.3 is 0 Å². The Kier molecular flexibility index (Phi) is 4.32. The van der Waals surface area contributed by atoms with E-state index in [4.69, 9.17) is 0 Å². The van der Waals surface area contributed by atoms with Gasteiger partial charge in [0.15, 0.2) is 0 Å². The maximum Gasteiger partial charge on any atom is 0.0622 e. The number of aliphatic hydroxyl groups is 1. The Hall–Kier alpha value is -0.0800. The normalized spacial score (nSPS) is 55.4. The average molecular weight is 334 g/mol. The Bertz CT molecular complexity index is 475. The van der Waals surface area contributed by atoms with Crippen molar-refractivity contribution in [1.82, 2.24) is 5.32 Å². The molecule has 3 unspecified atom stereocenters. The van der Waals surface area contributed by atoms with Crippen LogP contribution in [-0.2, 0) is 0 Å². The Morgan fingerprint density at radius 2 is 1.67 bits per heavy atom. The van der Waals surface area contributed by atoms with Gasteiger partial charge in [-0.25, -0.2) is 0 Å². The van der Waals surface area contributed by atoms with Gasteiger partial charge in [-0.15, -0.1) is 0 Å². The molecule has 4 aliphatic carbocycles. The minimum atomic E-state index is -0.377. The van der Waals surface area contributed by atoms with Crippen molar-refractivity contribution in [2.45, 2.75) is 90.2 Å². The molecular formula is C22H39NO. The van der Waals surface area contributed by atoms with Gasteiger partial charge in [-0.2, -0.15) is 0 Å². The maximum absolute atomic E-state index is 10.5. The van der Waals surface area contributed by atoms with E-state index in [1.165, 1.54) is 44.9 Å². The Morgan fingerprint density at radius 1 is 0.917 bits per heavy atom. The lowest BCUT2D eigenvalue weighted by Crippen LogP contribution is -2.51. The molecule has 2 N–H and O–H groups in total. The van der Waals surface area contributed by atoms with Crippen LogP contribution in [0.25, 0.3) is 0 Å². The summed E-state index contributed by atoms with van der Waals surface area (Å²) in [4.78, 5) is 0. The van der Waals surface area contributed by atoms with Gasteiger partial charge in [0.2, 0.25) is 0 Å². The number of hydrogen-bond donors (Lipinski definition) is 2. The minimum absolute atomic E-state index is 0.377. The van der Waals surface area contributed by atoms with E-state index >= 15 is 0 Å². The third-order valence-electron chi connectivity index (χ3n) is 9.37. The summed E-state index contributed by atoms with van der Waals surface area (Å²) in [6.45, 7) is 7.12. The van der Waals surface area contributed by atoms with Crippen molar-refractivity contribution in [1.29, 1.82) is 0 Å². The Morgan fingerprint density at radius 3 is 2.42 bits per heavy atom. The molecule has 2 nitrogen and oxygen atoms in total. The number of nitrogens with one attached hydrogen (secondary N) is 1. The van der Waals surface area contributed by atoms with E-state index in [-0.39, 0.29) is 5.60 Å². The summed E-state index contributed by atoms with van der Waals surface area (Å²) in [6.07, 6.45) is 12.1. The molecule has 0 aromatic rings. The summed E-state index contributed by atoms with van der Waals surface area (Å²) in [5, 5.41) is 14.1. The second kappa shape index (κ2) is 5.98. The van der Waals surface area contributed by atoms with Gasteiger partial charge in [0.1, 0.15) is 0 Å². The van der Waals surface area contributed by atoms with E-state index in [0.717, 1.165) is 48.3 Å². The summed E-state index contributed by atoms with van der Waals surface area (Å²) >= 11 is 0. The average Bonchev–Trinajstić information content (AvgIpc) is 2.90. The largest absolute Gasteiger partial charge is 0.390 e. The molecule has 0 spiro atoms. The predicted octanol–water partition coefficient (Wildman–Crippen LogP) is 4.61. The molecule has 0 aliphatic heterocycles. The number of rotatable bonds is 2. The summed E-state index contributed by atoms with van der Waals surface area (Å²) in [6, 6.07) is 0.665. The van der Waals surface area contributed by atoms with E-state index in [2.05, 4.69) is 33.1 Å². The Balaban J connectivity index is 1.53. The van der Waals surface area contributed by atoms with E-state index in [9.17, 15) is 5.11 Å². The van der Waals surface area contributed by atoms with E-state index < -0.39 is 0 Å². The lowest BCUT2D eigenvalue weighted by molar-refractivity contribution is -0.101. The maximum atomic E-state index is 10.5. The lowest BCUT2D eigenvalue weighted by atomic mass is 9.49. The van der Waals surface area contributed by atoms with Gasteiger partial charge in [-0.05, 0) is 120 Å². The summed E-state index contributed by atoms with van der Waals surface area (Å²) < 4.78 is 0. The molecule has 0 heterocycles.